The van der Waals surface area contributed by atoms with Gasteiger partial charge in [-0.1, -0.05) is 6.92 Å². The van der Waals surface area contributed by atoms with Gasteiger partial charge in [0.2, 0.25) is 10.0 Å². The van der Waals surface area contributed by atoms with E-state index in [-0.39, 0.29) is 19.1 Å². The molecule has 1 aromatic carbocycles. The van der Waals surface area contributed by atoms with E-state index in [9.17, 15) is 17.2 Å². The Kier molecular flexibility index (Phi) is 6.24. The Balaban J connectivity index is 3.41. The van der Waals surface area contributed by atoms with Gasteiger partial charge in [-0.25, -0.2) is 17.2 Å². The number of hydrogen-bond acceptors (Lipinski definition) is 3. The summed E-state index contributed by atoms with van der Waals surface area (Å²) in [6.45, 7) is 5.77. The van der Waals surface area contributed by atoms with Crippen molar-refractivity contribution in [1.29, 1.82) is 0 Å². The maximum Gasteiger partial charge on any atom is 0.246 e. The first-order valence-electron chi connectivity index (χ1n) is 6.90. The second kappa shape index (κ2) is 7.29. The van der Waals surface area contributed by atoms with Crippen molar-refractivity contribution in [2.45, 2.75) is 44.7 Å². The fraction of sp³-hybridized carbons (Fsp3) is 0.571. The van der Waals surface area contributed by atoms with Gasteiger partial charge in [-0.15, -0.1) is 0 Å². The Morgan fingerprint density at radius 1 is 1.29 bits per heavy atom. The van der Waals surface area contributed by atoms with Gasteiger partial charge in [-0.05, 0) is 45.0 Å². The van der Waals surface area contributed by atoms with Crippen molar-refractivity contribution in [2.24, 2.45) is 0 Å². The molecule has 4 nitrogen and oxygen atoms in total. The minimum atomic E-state index is -4.07. The van der Waals surface area contributed by atoms with Crippen LogP contribution in [0.3, 0.4) is 0 Å². The van der Waals surface area contributed by atoms with Crippen LogP contribution in [0.15, 0.2) is 17.0 Å². The van der Waals surface area contributed by atoms with E-state index in [1.54, 1.807) is 20.9 Å². The quantitative estimate of drug-likeness (QED) is 0.840. The highest BCUT2D eigenvalue weighted by molar-refractivity contribution is 7.89. The second-order valence-corrected chi connectivity index (χ2v) is 6.99. The SMILES string of the molecule is CCCN(C(C)C)S(=O)(=O)c1cc(CNC)cc(F)c1F. The molecule has 1 aromatic rings. The number of nitrogens with zero attached hydrogens (tertiary/aromatic N) is 1. The van der Waals surface area contributed by atoms with Crippen LogP contribution in [0.1, 0.15) is 32.8 Å². The number of halogens is 2. The minimum absolute atomic E-state index is 0.259. The first-order valence-corrected chi connectivity index (χ1v) is 8.34. The molecule has 1 N–H and O–H groups in total. The van der Waals surface area contributed by atoms with Crippen LogP contribution in [0, 0.1) is 11.6 Å². The van der Waals surface area contributed by atoms with E-state index in [4.69, 9.17) is 0 Å². The summed E-state index contributed by atoms with van der Waals surface area (Å²) in [7, 11) is -2.42. The largest absolute Gasteiger partial charge is 0.316 e. The van der Waals surface area contributed by atoms with Crippen LogP contribution in [0.5, 0.6) is 0 Å². The molecule has 7 heteroatoms. The lowest BCUT2D eigenvalue weighted by molar-refractivity contribution is 0.350. The molecule has 0 fully saturated rings. The molecule has 0 unspecified atom stereocenters. The molecule has 0 atom stereocenters. The lowest BCUT2D eigenvalue weighted by atomic mass is 10.2. The molecular weight excluding hydrogens is 298 g/mol. The number of hydrogen-bond donors (Lipinski definition) is 1. The third kappa shape index (κ3) is 3.99. The van der Waals surface area contributed by atoms with Gasteiger partial charge in [-0.2, -0.15) is 4.31 Å². The molecule has 0 aliphatic heterocycles. The summed E-state index contributed by atoms with van der Waals surface area (Å²) in [5.41, 5.74) is 0.384. The van der Waals surface area contributed by atoms with Crippen molar-refractivity contribution in [3.05, 3.63) is 29.3 Å². The lowest BCUT2D eigenvalue weighted by Crippen LogP contribution is -2.38. The number of benzene rings is 1. The van der Waals surface area contributed by atoms with Gasteiger partial charge in [0.1, 0.15) is 4.90 Å². The van der Waals surface area contributed by atoms with Crippen molar-refractivity contribution in [3.63, 3.8) is 0 Å². The highest BCUT2D eigenvalue weighted by Crippen LogP contribution is 2.25. The Labute approximate surface area is 125 Å². The average molecular weight is 320 g/mol. The zero-order valence-corrected chi connectivity index (χ0v) is 13.6. The third-order valence-corrected chi connectivity index (χ3v) is 5.12. The predicted octanol–water partition coefficient (Wildman–Crippen LogP) is 2.49. The van der Waals surface area contributed by atoms with E-state index in [1.807, 2.05) is 6.92 Å². The van der Waals surface area contributed by atoms with Crippen LogP contribution in [0.25, 0.3) is 0 Å². The topological polar surface area (TPSA) is 49.4 Å². The first-order chi connectivity index (χ1) is 9.75. The Morgan fingerprint density at radius 2 is 1.90 bits per heavy atom. The molecule has 0 heterocycles. The Morgan fingerprint density at radius 3 is 2.38 bits per heavy atom. The number of rotatable bonds is 7. The van der Waals surface area contributed by atoms with E-state index in [0.29, 0.717) is 12.0 Å². The molecule has 0 bridgehead atoms. The number of sulfonamides is 1. The van der Waals surface area contributed by atoms with E-state index >= 15 is 0 Å². The van der Waals surface area contributed by atoms with Gasteiger partial charge >= 0.3 is 0 Å². The van der Waals surface area contributed by atoms with Gasteiger partial charge in [-0.3, -0.25) is 0 Å². The summed E-state index contributed by atoms with van der Waals surface area (Å²) in [4.78, 5) is -0.602. The van der Waals surface area contributed by atoms with Gasteiger partial charge in [0.25, 0.3) is 0 Å². The zero-order valence-electron chi connectivity index (χ0n) is 12.8. The monoisotopic (exact) mass is 320 g/mol. The van der Waals surface area contributed by atoms with E-state index < -0.39 is 26.6 Å². The predicted molar refractivity (Wildman–Crippen MR) is 78.4 cm³/mol. The Hall–Kier alpha value is -1.05. The summed E-state index contributed by atoms with van der Waals surface area (Å²) >= 11 is 0. The summed E-state index contributed by atoms with van der Waals surface area (Å²) < 4.78 is 54.0. The lowest BCUT2D eigenvalue weighted by Gasteiger charge is -2.26. The third-order valence-electron chi connectivity index (χ3n) is 3.04. The van der Waals surface area contributed by atoms with E-state index in [1.165, 1.54) is 10.4 Å². The van der Waals surface area contributed by atoms with Crippen LogP contribution in [-0.4, -0.2) is 32.4 Å². The van der Waals surface area contributed by atoms with Crippen molar-refractivity contribution >= 4 is 10.0 Å². The molecule has 0 spiro atoms. The highest BCUT2D eigenvalue weighted by Gasteiger charge is 2.30. The van der Waals surface area contributed by atoms with E-state index in [0.717, 1.165) is 6.07 Å². The molecule has 0 aromatic heterocycles. The van der Waals surface area contributed by atoms with Crippen LogP contribution >= 0.6 is 0 Å². The zero-order chi connectivity index (χ0) is 16.2. The molecule has 0 amide bonds. The molecule has 0 saturated carbocycles. The van der Waals surface area contributed by atoms with Gasteiger partial charge < -0.3 is 5.32 Å². The minimum Gasteiger partial charge on any atom is -0.316 e. The molecule has 120 valence electrons. The van der Waals surface area contributed by atoms with Crippen LogP contribution in [0.4, 0.5) is 8.78 Å². The summed E-state index contributed by atoms with van der Waals surface area (Å²) in [5, 5.41) is 2.79. The van der Waals surface area contributed by atoms with E-state index in [2.05, 4.69) is 5.32 Å². The molecule has 0 radical (unpaired) electrons. The maximum absolute atomic E-state index is 14.0. The smallest absolute Gasteiger partial charge is 0.246 e. The van der Waals surface area contributed by atoms with Crippen LogP contribution in [-0.2, 0) is 16.6 Å². The van der Waals surface area contributed by atoms with Crippen LogP contribution in [0.2, 0.25) is 0 Å². The maximum atomic E-state index is 14.0. The van der Waals surface area contributed by atoms with Crippen molar-refractivity contribution < 1.29 is 17.2 Å². The first kappa shape index (κ1) is 18.0. The molecule has 0 aliphatic carbocycles. The molecular formula is C14H22F2N2O2S. The van der Waals surface area contributed by atoms with Gasteiger partial charge in [0.15, 0.2) is 11.6 Å². The van der Waals surface area contributed by atoms with Crippen molar-refractivity contribution in [3.8, 4) is 0 Å². The fourth-order valence-electron chi connectivity index (χ4n) is 2.11. The average Bonchev–Trinajstić information content (AvgIpc) is 2.39. The molecule has 0 aliphatic rings. The second-order valence-electron chi connectivity index (χ2n) is 5.13. The van der Waals surface area contributed by atoms with Crippen molar-refractivity contribution in [2.75, 3.05) is 13.6 Å². The Bertz CT molecular complexity index is 589. The standard InChI is InChI=1S/C14H22F2N2O2S/c1-5-6-18(10(2)3)21(19,20)13-8-11(9-17-4)7-12(15)14(13)16/h7-8,10,17H,5-6,9H2,1-4H3. The normalized spacial score (nSPS) is 12.4. The van der Waals surface area contributed by atoms with Crippen LogP contribution < -0.4 is 5.32 Å². The molecule has 21 heavy (non-hydrogen) atoms. The summed E-state index contributed by atoms with van der Waals surface area (Å²) in [6.07, 6.45) is 0.595. The molecule has 0 saturated heterocycles. The molecule has 1 rings (SSSR count). The number of nitrogens with one attached hydrogen (secondary N) is 1. The van der Waals surface area contributed by atoms with Crippen molar-refractivity contribution in [1.82, 2.24) is 9.62 Å². The fourth-order valence-corrected chi connectivity index (χ4v) is 3.97. The highest BCUT2D eigenvalue weighted by atomic mass is 32.2. The van der Waals surface area contributed by atoms with Gasteiger partial charge in [0, 0.05) is 19.1 Å². The summed E-state index contributed by atoms with van der Waals surface area (Å²) in [5.74, 6) is -2.47. The van der Waals surface area contributed by atoms with Gasteiger partial charge in [0.05, 0.1) is 0 Å². The summed E-state index contributed by atoms with van der Waals surface area (Å²) in [6, 6.07) is 1.87.